The molecule has 0 spiro atoms. The standard InChI is InChI=1S/C12H10ClN3O3/c13-10-11(14-6-15-12(10)17)16-7-1-2-8-9(5-7)19-4-3-18-8/h1-2,5-6H,3-4H2,(H2,14,15,16,17). The van der Waals surface area contributed by atoms with Gasteiger partial charge < -0.3 is 19.8 Å². The van der Waals surface area contributed by atoms with Crippen molar-refractivity contribution in [1.82, 2.24) is 9.97 Å². The monoisotopic (exact) mass is 279 g/mol. The molecule has 98 valence electrons. The average molecular weight is 280 g/mol. The smallest absolute Gasteiger partial charge is 0.271 e. The second-order valence-electron chi connectivity index (χ2n) is 3.88. The van der Waals surface area contributed by atoms with Gasteiger partial charge in [0.25, 0.3) is 5.56 Å². The second kappa shape index (κ2) is 4.81. The van der Waals surface area contributed by atoms with E-state index in [0.29, 0.717) is 36.2 Å². The molecule has 1 aromatic carbocycles. The van der Waals surface area contributed by atoms with Gasteiger partial charge in [-0.15, -0.1) is 0 Å². The normalized spacial score (nSPS) is 13.1. The summed E-state index contributed by atoms with van der Waals surface area (Å²) in [6.07, 6.45) is 1.29. The lowest BCUT2D eigenvalue weighted by Gasteiger charge is -2.19. The van der Waals surface area contributed by atoms with Gasteiger partial charge >= 0.3 is 0 Å². The van der Waals surface area contributed by atoms with Crippen molar-refractivity contribution in [1.29, 1.82) is 0 Å². The summed E-state index contributed by atoms with van der Waals surface area (Å²) in [6, 6.07) is 5.36. The van der Waals surface area contributed by atoms with Crippen LogP contribution >= 0.6 is 11.6 Å². The van der Waals surface area contributed by atoms with Gasteiger partial charge in [0.1, 0.15) is 18.2 Å². The first kappa shape index (κ1) is 11.9. The molecule has 0 aliphatic carbocycles. The van der Waals surface area contributed by atoms with Crippen LogP contribution < -0.4 is 20.3 Å². The number of aromatic nitrogens is 2. The first-order valence-corrected chi connectivity index (χ1v) is 6.02. The van der Waals surface area contributed by atoms with Gasteiger partial charge in [-0.3, -0.25) is 4.79 Å². The molecule has 2 heterocycles. The molecule has 2 N–H and O–H groups in total. The molecular weight excluding hydrogens is 270 g/mol. The summed E-state index contributed by atoms with van der Waals surface area (Å²) < 4.78 is 10.9. The number of halogens is 1. The Balaban J connectivity index is 1.91. The molecule has 0 saturated carbocycles. The van der Waals surface area contributed by atoms with Gasteiger partial charge in [0.2, 0.25) is 0 Å². The Labute approximate surface area is 113 Å². The number of hydrogen-bond donors (Lipinski definition) is 2. The Bertz CT molecular complexity index is 672. The fraction of sp³-hybridized carbons (Fsp3) is 0.167. The largest absolute Gasteiger partial charge is 0.486 e. The zero-order valence-electron chi connectivity index (χ0n) is 9.77. The van der Waals surface area contributed by atoms with Crippen molar-refractivity contribution in [2.45, 2.75) is 0 Å². The third-order valence-electron chi connectivity index (χ3n) is 2.60. The number of nitrogens with zero attached hydrogens (tertiary/aromatic N) is 1. The van der Waals surface area contributed by atoms with Gasteiger partial charge in [0.05, 0.1) is 6.33 Å². The Hall–Kier alpha value is -2.21. The van der Waals surface area contributed by atoms with E-state index in [1.54, 1.807) is 18.2 Å². The molecule has 0 amide bonds. The highest BCUT2D eigenvalue weighted by Gasteiger charge is 2.13. The highest BCUT2D eigenvalue weighted by Crippen LogP contribution is 2.33. The number of nitrogens with one attached hydrogen (secondary N) is 2. The number of hydrogen-bond acceptors (Lipinski definition) is 5. The van der Waals surface area contributed by atoms with E-state index >= 15 is 0 Å². The molecule has 19 heavy (non-hydrogen) atoms. The Kier molecular flexibility index (Phi) is 3.00. The Morgan fingerprint density at radius 3 is 2.89 bits per heavy atom. The van der Waals surface area contributed by atoms with E-state index in [4.69, 9.17) is 21.1 Å². The van der Waals surface area contributed by atoms with Gasteiger partial charge in [-0.2, -0.15) is 0 Å². The number of anilines is 2. The fourth-order valence-electron chi connectivity index (χ4n) is 1.73. The maximum atomic E-state index is 11.4. The van der Waals surface area contributed by atoms with E-state index in [2.05, 4.69) is 15.3 Å². The topological polar surface area (TPSA) is 76.2 Å². The molecule has 0 unspecified atom stereocenters. The summed E-state index contributed by atoms with van der Waals surface area (Å²) in [6.45, 7) is 1.06. The molecule has 2 aromatic rings. The molecule has 0 fully saturated rings. The van der Waals surface area contributed by atoms with Gasteiger partial charge in [-0.05, 0) is 12.1 Å². The van der Waals surface area contributed by atoms with Gasteiger partial charge in [-0.1, -0.05) is 11.6 Å². The predicted octanol–water partition coefficient (Wildman–Crippen LogP) is 1.94. The van der Waals surface area contributed by atoms with E-state index in [-0.39, 0.29) is 5.02 Å². The van der Waals surface area contributed by atoms with Crippen LogP contribution in [0.2, 0.25) is 5.02 Å². The molecule has 6 nitrogen and oxygen atoms in total. The minimum Gasteiger partial charge on any atom is -0.486 e. The molecule has 1 aliphatic rings. The SMILES string of the molecule is O=c1[nH]cnc(Nc2ccc3c(c2)OCCO3)c1Cl. The summed E-state index contributed by atoms with van der Waals surface area (Å²) in [5, 5.41) is 2.98. The molecule has 0 saturated heterocycles. The van der Waals surface area contributed by atoms with Crippen LogP contribution in [0.3, 0.4) is 0 Å². The zero-order valence-corrected chi connectivity index (χ0v) is 10.5. The van der Waals surface area contributed by atoms with Gasteiger partial charge in [0, 0.05) is 11.8 Å². The van der Waals surface area contributed by atoms with Crippen molar-refractivity contribution < 1.29 is 9.47 Å². The number of H-pyrrole nitrogens is 1. The third-order valence-corrected chi connectivity index (χ3v) is 2.95. The van der Waals surface area contributed by atoms with Crippen molar-refractivity contribution in [3.63, 3.8) is 0 Å². The van der Waals surface area contributed by atoms with E-state index in [0.717, 1.165) is 0 Å². The summed E-state index contributed by atoms with van der Waals surface area (Å²) in [5.41, 5.74) is 0.320. The van der Waals surface area contributed by atoms with Gasteiger partial charge in [0.15, 0.2) is 17.3 Å². The van der Waals surface area contributed by atoms with E-state index in [1.165, 1.54) is 6.33 Å². The minimum atomic E-state index is -0.392. The van der Waals surface area contributed by atoms with Crippen LogP contribution in [0.5, 0.6) is 11.5 Å². The molecular formula is C12H10ClN3O3. The van der Waals surface area contributed by atoms with E-state index in [9.17, 15) is 4.79 Å². The minimum absolute atomic E-state index is 0.0115. The summed E-state index contributed by atoms with van der Waals surface area (Å²) in [7, 11) is 0. The van der Waals surface area contributed by atoms with Crippen LogP contribution in [0.4, 0.5) is 11.5 Å². The number of rotatable bonds is 2. The first-order chi connectivity index (χ1) is 9.24. The van der Waals surface area contributed by atoms with Crippen molar-refractivity contribution >= 4 is 23.1 Å². The predicted molar refractivity (Wildman–Crippen MR) is 70.6 cm³/mol. The summed E-state index contributed by atoms with van der Waals surface area (Å²) in [4.78, 5) is 17.7. The first-order valence-electron chi connectivity index (χ1n) is 5.64. The summed E-state index contributed by atoms with van der Waals surface area (Å²) >= 11 is 5.86. The lowest BCUT2D eigenvalue weighted by molar-refractivity contribution is 0.171. The van der Waals surface area contributed by atoms with Crippen molar-refractivity contribution in [3.05, 3.63) is 39.9 Å². The lowest BCUT2D eigenvalue weighted by Crippen LogP contribution is -2.15. The molecule has 3 rings (SSSR count). The quantitative estimate of drug-likeness (QED) is 0.878. The van der Waals surface area contributed by atoms with Crippen LogP contribution in [0.1, 0.15) is 0 Å². The second-order valence-corrected chi connectivity index (χ2v) is 4.26. The van der Waals surface area contributed by atoms with Gasteiger partial charge in [-0.25, -0.2) is 4.98 Å². The molecule has 0 atom stereocenters. The van der Waals surface area contributed by atoms with Crippen molar-refractivity contribution in [3.8, 4) is 11.5 Å². The van der Waals surface area contributed by atoms with Crippen LogP contribution in [-0.2, 0) is 0 Å². The Morgan fingerprint density at radius 1 is 1.26 bits per heavy atom. The molecule has 0 radical (unpaired) electrons. The molecule has 1 aromatic heterocycles. The lowest BCUT2D eigenvalue weighted by atomic mass is 10.2. The molecule has 1 aliphatic heterocycles. The number of fused-ring (bicyclic) bond motifs is 1. The maximum absolute atomic E-state index is 11.4. The van der Waals surface area contributed by atoms with Crippen LogP contribution in [0.25, 0.3) is 0 Å². The van der Waals surface area contributed by atoms with E-state index in [1.807, 2.05) is 0 Å². The third kappa shape index (κ3) is 2.34. The maximum Gasteiger partial charge on any atom is 0.271 e. The van der Waals surface area contributed by atoms with Crippen LogP contribution in [-0.4, -0.2) is 23.2 Å². The number of benzene rings is 1. The van der Waals surface area contributed by atoms with Crippen LogP contribution in [0, 0.1) is 0 Å². The van der Waals surface area contributed by atoms with Crippen molar-refractivity contribution in [2.75, 3.05) is 18.5 Å². The molecule has 0 bridgehead atoms. The zero-order chi connectivity index (χ0) is 13.2. The highest BCUT2D eigenvalue weighted by molar-refractivity contribution is 6.32. The summed E-state index contributed by atoms with van der Waals surface area (Å²) in [5.74, 6) is 1.64. The van der Waals surface area contributed by atoms with E-state index < -0.39 is 5.56 Å². The van der Waals surface area contributed by atoms with Crippen LogP contribution in [0.15, 0.2) is 29.3 Å². The average Bonchev–Trinajstić information content (AvgIpc) is 2.44. The fourth-order valence-corrected chi connectivity index (χ4v) is 1.88. The van der Waals surface area contributed by atoms with Crippen molar-refractivity contribution in [2.24, 2.45) is 0 Å². The highest BCUT2D eigenvalue weighted by atomic mass is 35.5. The Morgan fingerprint density at radius 2 is 2.05 bits per heavy atom. The number of aromatic amines is 1. The number of ether oxygens (including phenoxy) is 2. The molecule has 7 heteroatoms.